The molecule has 0 aliphatic rings. The van der Waals surface area contributed by atoms with Gasteiger partial charge in [-0.25, -0.2) is 4.18 Å². The van der Waals surface area contributed by atoms with E-state index in [1.54, 1.807) is 0 Å². The normalized spacial score (nSPS) is 12.5. The molecule has 0 saturated heterocycles. The summed E-state index contributed by atoms with van der Waals surface area (Å²) in [4.78, 5) is 11.4. The summed E-state index contributed by atoms with van der Waals surface area (Å²) in [5.74, 6) is -0.519. The molecule has 1 N–H and O–H groups in total. The molecule has 22 heavy (non-hydrogen) atoms. The van der Waals surface area contributed by atoms with E-state index in [2.05, 4.69) is 11.1 Å². The number of unbranched alkanes of at least 4 members (excludes halogenated alkanes) is 7. The van der Waals surface area contributed by atoms with Crippen molar-refractivity contribution in [2.24, 2.45) is 0 Å². The van der Waals surface area contributed by atoms with Gasteiger partial charge in [-0.2, -0.15) is 8.42 Å². The van der Waals surface area contributed by atoms with Crippen LogP contribution in [-0.4, -0.2) is 61.2 Å². The second kappa shape index (κ2) is 14.9. The van der Waals surface area contributed by atoms with Crippen molar-refractivity contribution < 1.29 is 26.7 Å². The molecule has 8 heteroatoms. The Balaban J connectivity index is 0. The van der Waals surface area contributed by atoms with Crippen molar-refractivity contribution in [3.63, 3.8) is 0 Å². The Kier molecular flexibility index (Phi) is 16.7. The predicted octanol–water partition coefficient (Wildman–Crippen LogP) is 2.62. The molecule has 0 fully saturated rings. The third-order valence-electron chi connectivity index (χ3n) is 3.00. The van der Waals surface area contributed by atoms with Gasteiger partial charge in [-0.15, -0.1) is 0 Å². The summed E-state index contributed by atoms with van der Waals surface area (Å²) in [5, 5.41) is 0. The number of esters is 1. The van der Waals surface area contributed by atoms with Crippen LogP contribution in [0.2, 0.25) is 0 Å². The monoisotopic (exact) mass is 348 g/mol. The van der Waals surface area contributed by atoms with Crippen LogP contribution in [0, 0.1) is 0 Å². The summed E-state index contributed by atoms with van der Waals surface area (Å²) in [7, 11) is -4.52. The van der Waals surface area contributed by atoms with E-state index in [4.69, 9.17) is 9.29 Å². The summed E-state index contributed by atoms with van der Waals surface area (Å²) >= 11 is 0. The maximum atomic E-state index is 11.4. The van der Waals surface area contributed by atoms with Crippen molar-refractivity contribution >= 4 is 45.9 Å². The fourth-order valence-corrected chi connectivity index (χ4v) is 2.44. The minimum absolute atomic E-state index is 0. The second-order valence-electron chi connectivity index (χ2n) is 5.23. The van der Waals surface area contributed by atoms with Gasteiger partial charge in [-0.1, -0.05) is 51.9 Å². The van der Waals surface area contributed by atoms with Crippen LogP contribution < -0.4 is 0 Å². The van der Waals surface area contributed by atoms with Gasteiger partial charge in [0.15, 0.2) is 0 Å². The average molecular weight is 348 g/mol. The van der Waals surface area contributed by atoms with Crippen LogP contribution in [0.4, 0.5) is 0 Å². The molecule has 6 nitrogen and oxygen atoms in total. The van der Waals surface area contributed by atoms with Gasteiger partial charge in [-0.3, -0.25) is 9.35 Å². The first-order chi connectivity index (χ1) is 9.85. The van der Waals surface area contributed by atoms with Gasteiger partial charge in [0.05, 0.1) is 19.1 Å². The second-order valence-corrected chi connectivity index (χ2v) is 6.28. The quantitative estimate of drug-likeness (QED) is 0.238. The van der Waals surface area contributed by atoms with Gasteiger partial charge >= 0.3 is 45.9 Å². The number of ether oxygens (including phenoxy) is 1. The molecule has 1 unspecified atom stereocenters. The third-order valence-corrected chi connectivity index (χ3v) is 3.57. The standard InChI is InChI=1S/C14H28O6S.Na.H/c1-3-4-5-6-7-8-9-10-11-19-14(15)12-13(2)20-21(16,17)18;;/h13H,3-12H2,1-2H3,(H,16,17,18);;. The molecule has 1 atom stereocenters. The minimum atomic E-state index is -4.52. The number of hydrogen-bond donors (Lipinski definition) is 1. The van der Waals surface area contributed by atoms with Gasteiger partial charge in [0.1, 0.15) is 0 Å². The Morgan fingerprint density at radius 2 is 1.55 bits per heavy atom. The molecule has 0 rings (SSSR count). The first-order valence-electron chi connectivity index (χ1n) is 7.66. The van der Waals surface area contributed by atoms with E-state index in [9.17, 15) is 13.2 Å². The molecule has 0 aliphatic heterocycles. The summed E-state index contributed by atoms with van der Waals surface area (Å²) in [6.07, 6.45) is 8.16. The Labute approximate surface area is 156 Å². The van der Waals surface area contributed by atoms with Gasteiger partial charge in [0.2, 0.25) is 0 Å². The Morgan fingerprint density at radius 1 is 1.05 bits per heavy atom. The van der Waals surface area contributed by atoms with Crippen molar-refractivity contribution in [2.45, 2.75) is 77.7 Å². The summed E-state index contributed by atoms with van der Waals surface area (Å²) in [6, 6.07) is 0. The Morgan fingerprint density at radius 3 is 2.05 bits per heavy atom. The van der Waals surface area contributed by atoms with E-state index in [0.29, 0.717) is 6.61 Å². The molecule has 0 aliphatic carbocycles. The fraction of sp³-hybridized carbons (Fsp3) is 0.929. The van der Waals surface area contributed by atoms with Gasteiger partial charge in [0.25, 0.3) is 0 Å². The van der Waals surface area contributed by atoms with E-state index < -0.39 is 22.5 Å². The Hall–Kier alpha value is 0.340. The summed E-state index contributed by atoms with van der Waals surface area (Å²) in [5.41, 5.74) is 0. The van der Waals surface area contributed by atoms with E-state index >= 15 is 0 Å². The van der Waals surface area contributed by atoms with Crippen molar-refractivity contribution in [2.75, 3.05) is 6.61 Å². The molecule has 0 heterocycles. The zero-order valence-corrected chi connectivity index (χ0v) is 13.9. The zero-order valence-electron chi connectivity index (χ0n) is 13.0. The molecule has 0 saturated carbocycles. The SMILES string of the molecule is CCCCCCCCCCOC(=O)CC(C)OS(=O)(=O)O.[NaH]. The third kappa shape index (κ3) is 18.4. The number of rotatable bonds is 13. The number of hydrogen-bond acceptors (Lipinski definition) is 5. The molecule has 0 amide bonds. The first-order valence-corrected chi connectivity index (χ1v) is 9.03. The van der Waals surface area contributed by atoms with E-state index in [1.807, 2.05) is 0 Å². The first kappa shape index (κ1) is 24.6. The maximum absolute atomic E-state index is 11.4. The summed E-state index contributed by atoms with van der Waals surface area (Å²) in [6.45, 7) is 3.91. The molecule has 0 radical (unpaired) electrons. The van der Waals surface area contributed by atoms with Crippen LogP contribution in [0.1, 0.15) is 71.6 Å². The molecule has 0 aromatic rings. The van der Waals surface area contributed by atoms with Crippen LogP contribution in [0.5, 0.6) is 0 Å². The van der Waals surface area contributed by atoms with Crippen molar-refractivity contribution in [1.29, 1.82) is 0 Å². The van der Waals surface area contributed by atoms with E-state index in [0.717, 1.165) is 19.3 Å². The molecule has 0 aromatic carbocycles. The van der Waals surface area contributed by atoms with Crippen molar-refractivity contribution in [1.82, 2.24) is 0 Å². The van der Waals surface area contributed by atoms with Crippen LogP contribution in [0.3, 0.4) is 0 Å². The predicted molar refractivity (Wildman–Crippen MR) is 87.4 cm³/mol. The molecule has 128 valence electrons. The topological polar surface area (TPSA) is 89.9 Å². The van der Waals surface area contributed by atoms with Gasteiger partial charge in [-0.05, 0) is 13.3 Å². The molecule has 0 bridgehead atoms. The zero-order chi connectivity index (χ0) is 16.1. The van der Waals surface area contributed by atoms with Crippen molar-refractivity contribution in [3.8, 4) is 0 Å². The average Bonchev–Trinajstić information content (AvgIpc) is 2.34. The Bertz CT molecular complexity index is 372. The van der Waals surface area contributed by atoms with Gasteiger partial charge in [0, 0.05) is 0 Å². The fourth-order valence-electron chi connectivity index (χ4n) is 1.96. The van der Waals surface area contributed by atoms with Crippen LogP contribution in [-0.2, 0) is 24.1 Å². The molecular formula is C14H29NaO6S. The molecular weight excluding hydrogens is 319 g/mol. The van der Waals surface area contributed by atoms with Gasteiger partial charge < -0.3 is 4.74 Å². The van der Waals surface area contributed by atoms with E-state index in [1.165, 1.54) is 39.0 Å². The van der Waals surface area contributed by atoms with E-state index in [-0.39, 0.29) is 36.0 Å². The van der Waals surface area contributed by atoms with Crippen LogP contribution >= 0.6 is 0 Å². The number of carbonyl (C=O) groups excluding carboxylic acids is 1. The van der Waals surface area contributed by atoms with Crippen molar-refractivity contribution in [3.05, 3.63) is 0 Å². The molecule has 0 spiro atoms. The summed E-state index contributed by atoms with van der Waals surface area (Å²) < 4.78 is 38.5. The number of carbonyl (C=O) groups is 1. The molecule has 0 aromatic heterocycles. The van der Waals surface area contributed by atoms with Crippen LogP contribution in [0.15, 0.2) is 0 Å². The van der Waals surface area contributed by atoms with Crippen LogP contribution in [0.25, 0.3) is 0 Å².